The van der Waals surface area contributed by atoms with Crippen molar-refractivity contribution in [1.82, 2.24) is 0 Å². The number of carbonyl (C=O) groups is 1. The second-order valence-electron chi connectivity index (χ2n) is 4.42. The van der Waals surface area contributed by atoms with E-state index in [0.29, 0.717) is 12.5 Å². The highest BCUT2D eigenvalue weighted by molar-refractivity contribution is 5.67. The molecule has 0 fully saturated rings. The van der Waals surface area contributed by atoms with Gasteiger partial charge in [0.15, 0.2) is 0 Å². The molecule has 0 heterocycles. The van der Waals surface area contributed by atoms with Crippen LogP contribution in [-0.4, -0.2) is 30.8 Å². The second kappa shape index (κ2) is 7.71. The van der Waals surface area contributed by atoms with Gasteiger partial charge in [-0.15, -0.1) is 0 Å². The van der Waals surface area contributed by atoms with Crippen molar-refractivity contribution in [2.75, 3.05) is 19.0 Å². The van der Waals surface area contributed by atoms with Crippen molar-refractivity contribution in [1.29, 1.82) is 0 Å². The molecular formula is C14H21NO3. The molecule has 4 heteroatoms. The summed E-state index contributed by atoms with van der Waals surface area (Å²) in [6, 6.07) is 8.23. The first-order valence-corrected chi connectivity index (χ1v) is 6.18. The molecule has 0 aliphatic carbocycles. The van der Waals surface area contributed by atoms with E-state index < -0.39 is 5.97 Å². The summed E-state index contributed by atoms with van der Waals surface area (Å²) in [6.07, 6.45) is 1.68. The van der Waals surface area contributed by atoms with Crippen molar-refractivity contribution in [3.8, 4) is 0 Å². The van der Waals surface area contributed by atoms with Gasteiger partial charge in [-0.05, 0) is 37.5 Å². The van der Waals surface area contributed by atoms with Crippen LogP contribution in [0.15, 0.2) is 24.3 Å². The van der Waals surface area contributed by atoms with E-state index >= 15 is 0 Å². The smallest absolute Gasteiger partial charge is 0.303 e. The van der Waals surface area contributed by atoms with Crippen molar-refractivity contribution in [3.05, 3.63) is 29.8 Å². The van der Waals surface area contributed by atoms with Gasteiger partial charge in [0.05, 0.1) is 0 Å². The van der Waals surface area contributed by atoms with Crippen LogP contribution in [0.5, 0.6) is 0 Å². The molecule has 18 heavy (non-hydrogen) atoms. The monoisotopic (exact) mass is 251 g/mol. The van der Waals surface area contributed by atoms with E-state index in [0.717, 1.165) is 24.3 Å². The van der Waals surface area contributed by atoms with E-state index in [1.165, 1.54) is 0 Å². The van der Waals surface area contributed by atoms with Crippen molar-refractivity contribution in [3.63, 3.8) is 0 Å². The standard InChI is InChI=1S/C14H21NO3/c1-11(8-9-18-2)15-13-5-3-4-12(10-13)6-7-14(16)17/h3-5,10-11,15H,6-9H2,1-2H3,(H,16,17). The molecule has 1 aromatic rings. The summed E-state index contributed by atoms with van der Waals surface area (Å²) < 4.78 is 5.03. The largest absolute Gasteiger partial charge is 0.481 e. The lowest BCUT2D eigenvalue weighted by molar-refractivity contribution is -0.136. The highest BCUT2D eigenvalue weighted by Crippen LogP contribution is 2.14. The third kappa shape index (κ3) is 5.68. The number of ether oxygens (including phenoxy) is 1. The fourth-order valence-electron chi connectivity index (χ4n) is 1.72. The maximum atomic E-state index is 10.5. The van der Waals surface area contributed by atoms with Crippen LogP contribution in [0, 0.1) is 0 Å². The average molecular weight is 251 g/mol. The summed E-state index contributed by atoms with van der Waals surface area (Å²) in [4.78, 5) is 10.5. The number of carboxylic acids is 1. The number of hydrogen-bond donors (Lipinski definition) is 2. The average Bonchev–Trinajstić information content (AvgIpc) is 2.34. The van der Waals surface area contributed by atoms with Gasteiger partial charge in [-0.2, -0.15) is 0 Å². The SMILES string of the molecule is COCCC(C)Nc1cccc(CCC(=O)O)c1. The number of methoxy groups -OCH3 is 1. The Morgan fingerprint density at radius 1 is 1.50 bits per heavy atom. The molecule has 0 radical (unpaired) electrons. The van der Waals surface area contributed by atoms with E-state index in [1.807, 2.05) is 24.3 Å². The minimum Gasteiger partial charge on any atom is -0.481 e. The molecule has 0 spiro atoms. The minimum absolute atomic E-state index is 0.169. The Labute approximate surface area is 108 Å². The summed E-state index contributed by atoms with van der Waals surface area (Å²) in [7, 11) is 1.69. The van der Waals surface area contributed by atoms with Gasteiger partial charge in [-0.25, -0.2) is 0 Å². The van der Waals surface area contributed by atoms with Crippen LogP contribution in [0.25, 0.3) is 0 Å². The van der Waals surface area contributed by atoms with Gasteiger partial charge in [0, 0.05) is 31.9 Å². The zero-order valence-corrected chi connectivity index (χ0v) is 11.0. The molecule has 0 aliphatic heterocycles. The predicted molar refractivity (Wildman–Crippen MR) is 72.0 cm³/mol. The quantitative estimate of drug-likeness (QED) is 0.745. The van der Waals surface area contributed by atoms with Gasteiger partial charge in [-0.3, -0.25) is 4.79 Å². The maximum absolute atomic E-state index is 10.5. The Morgan fingerprint density at radius 2 is 2.28 bits per heavy atom. The Balaban J connectivity index is 2.50. The lowest BCUT2D eigenvalue weighted by Gasteiger charge is -2.15. The molecule has 0 bridgehead atoms. The molecule has 0 amide bonds. The molecule has 1 unspecified atom stereocenters. The Kier molecular flexibility index (Phi) is 6.22. The highest BCUT2D eigenvalue weighted by atomic mass is 16.5. The van der Waals surface area contributed by atoms with E-state index in [2.05, 4.69) is 12.2 Å². The molecule has 0 aromatic heterocycles. The van der Waals surface area contributed by atoms with Crippen molar-refractivity contribution in [2.24, 2.45) is 0 Å². The van der Waals surface area contributed by atoms with Crippen molar-refractivity contribution in [2.45, 2.75) is 32.2 Å². The number of benzene rings is 1. The van der Waals surface area contributed by atoms with Crippen LogP contribution < -0.4 is 5.32 Å². The molecule has 4 nitrogen and oxygen atoms in total. The molecule has 0 saturated heterocycles. The van der Waals surface area contributed by atoms with Gasteiger partial charge in [0.1, 0.15) is 0 Å². The third-order valence-corrected chi connectivity index (χ3v) is 2.72. The first kappa shape index (κ1) is 14.5. The number of anilines is 1. The molecule has 0 saturated carbocycles. The van der Waals surface area contributed by atoms with Gasteiger partial charge in [0.2, 0.25) is 0 Å². The maximum Gasteiger partial charge on any atom is 0.303 e. The highest BCUT2D eigenvalue weighted by Gasteiger charge is 2.03. The lowest BCUT2D eigenvalue weighted by atomic mass is 10.1. The van der Waals surface area contributed by atoms with Crippen LogP contribution in [0.2, 0.25) is 0 Å². The van der Waals surface area contributed by atoms with Crippen LogP contribution in [0.1, 0.15) is 25.3 Å². The van der Waals surface area contributed by atoms with Crippen LogP contribution in [0.4, 0.5) is 5.69 Å². The van der Waals surface area contributed by atoms with E-state index in [1.54, 1.807) is 7.11 Å². The first-order valence-electron chi connectivity index (χ1n) is 6.18. The van der Waals surface area contributed by atoms with Crippen LogP contribution in [0.3, 0.4) is 0 Å². The minimum atomic E-state index is -0.762. The van der Waals surface area contributed by atoms with Crippen LogP contribution >= 0.6 is 0 Å². The third-order valence-electron chi connectivity index (χ3n) is 2.72. The number of rotatable bonds is 8. The Bertz CT molecular complexity index is 379. The van der Waals surface area contributed by atoms with Gasteiger partial charge < -0.3 is 15.2 Å². The number of aliphatic carboxylic acids is 1. The van der Waals surface area contributed by atoms with Crippen LogP contribution in [-0.2, 0) is 16.0 Å². The first-order chi connectivity index (χ1) is 8.61. The normalized spacial score (nSPS) is 12.1. The number of hydrogen-bond acceptors (Lipinski definition) is 3. The molecule has 1 aromatic carbocycles. The number of carboxylic acid groups (broad SMARTS) is 1. The Morgan fingerprint density at radius 3 is 2.94 bits per heavy atom. The lowest BCUT2D eigenvalue weighted by Crippen LogP contribution is -2.17. The van der Waals surface area contributed by atoms with Crippen molar-refractivity contribution >= 4 is 11.7 Å². The summed E-state index contributed by atoms with van der Waals surface area (Å²) in [5.41, 5.74) is 2.07. The Hall–Kier alpha value is -1.55. The summed E-state index contributed by atoms with van der Waals surface area (Å²) >= 11 is 0. The summed E-state index contributed by atoms with van der Waals surface area (Å²) in [6.45, 7) is 2.83. The van der Waals surface area contributed by atoms with Gasteiger partial charge in [-0.1, -0.05) is 12.1 Å². The van der Waals surface area contributed by atoms with E-state index in [4.69, 9.17) is 9.84 Å². The molecule has 1 rings (SSSR count). The number of nitrogens with one attached hydrogen (secondary N) is 1. The van der Waals surface area contributed by atoms with E-state index in [-0.39, 0.29) is 6.42 Å². The second-order valence-corrected chi connectivity index (χ2v) is 4.42. The fourth-order valence-corrected chi connectivity index (χ4v) is 1.72. The zero-order chi connectivity index (χ0) is 13.4. The number of aryl methyl sites for hydroxylation is 1. The topological polar surface area (TPSA) is 58.6 Å². The zero-order valence-electron chi connectivity index (χ0n) is 11.0. The molecule has 0 aliphatic rings. The summed E-state index contributed by atoms with van der Waals surface area (Å²) in [5.74, 6) is -0.762. The fraction of sp³-hybridized carbons (Fsp3) is 0.500. The van der Waals surface area contributed by atoms with Gasteiger partial charge >= 0.3 is 5.97 Å². The van der Waals surface area contributed by atoms with Gasteiger partial charge in [0.25, 0.3) is 0 Å². The van der Waals surface area contributed by atoms with E-state index in [9.17, 15) is 4.79 Å². The molecular weight excluding hydrogens is 230 g/mol. The molecule has 2 N–H and O–H groups in total. The summed E-state index contributed by atoms with van der Waals surface area (Å²) in [5, 5.41) is 12.0. The molecule has 100 valence electrons. The molecule has 1 atom stereocenters. The van der Waals surface area contributed by atoms with Crippen molar-refractivity contribution < 1.29 is 14.6 Å². The predicted octanol–water partition coefficient (Wildman–Crippen LogP) is 2.54.